The molecule has 0 spiro atoms. The van der Waals surface area contributed by atoms with E-state index in [0.717, 1.165) is 13.1 Å². The second-order valence-electron chi connectivity index (χ2n) is 7.36. The number of nitrogens with one attached hydrogen (secondary N) is 2. The Bertz CT molecular complexity index is 627. The van der Waals surface area contributed by atoms with Gasteiger partial charge in [0.2, 0.25) is 0 Å². The van der Waals surface area contributed by atoms with Gasteiger partial charge in [-0.05, 0) is 57.5 Å². The van der Waals surface area contributed by atoms with Crippen LogP contribution in [0.5, 0.6) is 0 Å². The second-order valence-corrected chi connectivity index (χ2v) is 7.36. The van der Waals surface area contributed by atoms with Gasteiger partial charge in [0.1, 0.15) is 0 Å². The molecule has 1 heterocycles. The van der Waals surface area contributed by atoms with E-state index in [2.05, 4.69) is 51.7 Å². The summed E-state index contributed by atoms with van der Waals surface area (Å²) in [6.45, 7) is 4.34. The van der Waals surface area contributed by atoms with E-state index < -0.39 is 12.7 Å². The molecular weight excluding hydrogens is 367 g/mol. The minimum atomic E-state index is -4.15. The maximum Gasteiger partial charge on any atom is 0.401 e. The Kier molecular flexibility index (Phi) is 8.41. The zero-order valence-corrected chi connectivity index (χ0v) is 17.0. The molecule has 1 unspecified atom stereocenters. The van der Waals surface area contributed by atoms with Gasteiger partial charge in [-0.1, -0.05) is 12.1 Å². The molecule has 2 N–H and O–H groups in total. The molecule has 1 aliphatic heterocycles. The molecule has 1 aliphatic rings. The summed E-state index contributed by atoms with van der Waals surface area (Å²) in [5.74, 6) is 0.651. The van der Waals surface area contributed by atoms with Gasteiger partial charge in [-0.25, -0.2) is 0 Å². The minimum absolute atomic E-state index is 0.0710. The highest BCUT2D eigenvalue weighted by molar-refractivity contribution is 5.80. The van der Waals surface area contributed by atoms with E-state index in [9.17, 15) is 13.2 Å². The van der Waals surface area contributed by atoms with E-state index in [1.54, 1.807) is 7.05 Å². The maximum absolute atomic E-state index is 12.3. The Labute approximate surface area is 166 Å². The Morgan fingerprint density at radius 2 is 2.00 bits per heavy atom. The number of aliphatic imine (C=N–C) groups is 1. The summed E-state index contributed by atoms with van der Waals surface area (Å²) in [5, 5.41) is 6.53. The minimum Gasteiger partial charge on any atom is -0.372 e. The number of benzene rings is 1. The van der Waals surface area contributed by atoms with Crippen LogP contribution in [0.3, 0.4) is 0 Å². The molecule has 0 radical (unpaired) electrons. The van der Waals surface area contributed by atoms with Crippen molar-refractivity contribution in [3.63, 3.8) is 0 Å². The molecule has 1 atom stereocenters. The quantitative estimate of drug-likeness (QED) is 0.400. The summed E-state index contributed by atoms with van der Waals surface area (Å²) in [6.07, 6.45) is -1.07. The second kappa shape index (κ2) is 10.5. The van der Waals surface area contributed by atoms with Crippen molar-refractivity contribution >= 4 is 11.6 Å². The average Bonchev–Trinajstić information content (AvgIpc) is 3.17. The highest BCUT2D eigenvalue weighted by atomic mass is 19.4. The average molecular weight is 400 g/mol. The fraction of sp³-hybridized carbons (Fsp3) is 0.650. The first kappa shape index (κ1) is 22.3. The van der Waals surface area contributed by atoms with Crippen LogP contribution in [0.15, 0.2) is 29.3 Å². The van der Waals surface area contributed by atoms with Crippen LogP contribution in [0.25, 0.3) is 0 Å². The smallest absolute Gasteiger partial charge is 0.372 e. The Morgan fingerprint density at radius 3 is 2.64 bits per heavy atom. The number of hydrogen-bond acceptors (Lipinski definition) is 3. The van der Waals surface area contributed by atoms with Crippen molar-refractivity contribution in [2.24, 2.45) is 4.99 Å². The van der Waals surface area contributed by atoms with Crippen LogP contribution >= 0.6 is 0 Å². The summed E-state index contributed by atoms with van der Waals surface area (Å²) in [7, 11) is 3.18. The topological polar surface area (TPSA) is 42.9 Å². The first-order valence-electron chi connectivity index (χ1n) is 9.86. The van der Waals surface area contributed by atoms with Crippen molar-refractivity contribution in [2.75, 3.05) is 51.7 Å². The van der Waals surface area contributed by atoms with Gasteiger partial charge in [0, 0.05) is 32.4 Å². The van der Waals surface area contributed by atoms with Gasteiger partial charge >= 0.3 is 6.18 Å². The van der Waals surface area contributed by atoms with Crippen molar-refractivity contribution in [1.82, 2.24) is 15.5 Å². The lowest BCUT2D eigenvalue weighted by Gasteiger charge is -2.22. The number of guanidine groups is 1. The maximum atomic E-state index is 12.3. The van der Waals surface area contributed by atoms with Crippen molar-refractivity contribution in [3.05, 3.63) is 29.8 Å². The zero-order chi connectivity index (χ0) is 20.6. The largest absolute Gasteiger partial charge is 0.401 e. The van der Waals surface area contributed by atoms with Gasteiger partial charge in [0.15, 0.2) is 5.96 Å². The number of halogens is 3. The predicted molar refractivity (Wildman–Crippen MR) is 109 cm³/mol. The fourth-order valence-electron chi connectivity index (χ4n) is 3.39. The van der Waals surface area contributed by atoms with E-state index in [1.165, 1.54) is 36.0 Å². The fourth-order valence-corrected chi connectivity index (χ4v) is 3.39. The standard InChI is InChI=1S/C20H32F3N5/c1-16(17-8-6-9-18(14-17)28-12-4-5-13-28)26-19(24-2)25-10-7-11-27(3)15-20(21,22)23/h6,8-9,14,16H,4-5,7,10-13,15H2,1-3H3,(H2,24,25,26). The molecule has 1 aromatic rings. The normalized spacial score (nSPS) is 16.5. The van der Waals surface area contributed by atoms with Gasteiger partial charge in [-0.15, -0.1) is 0 Å². The third kappa shape index (κ3) is 7.58. The van der Waals surface area contributed by atoms with E-state index in [0.29, 0.717) is 25.5 Å². The number of anilines is 1. The summed E-state index contributed by atoms with van der Waals surface area (Å²) < 4.78 is 37.0. The molecule has 0 aliphatic carbocycles. The van der Waals surface area contributed by atoms with Gasteiger partial charge in [0.25, 0.3) is 0 Å². The molecule has 1 saturated heterocycles. The van der Waals surface area contributed by atoms with E-state index in [4.69, 9.17) is 0 Å². The van der Waals surface area contributed by atoms with Gasteiger partial charge in [-0.3, -0.25) is 9.89 Å². The van der Waals surface area contributed by atoms with Crippen molar-refractivity contribution < 1.29 is 13.2 Å². The van der Waals surface area contributed by atoms with Crippen LogP contribution in [0.4, 0.5) is 18.9 Å². The SMILES string of the molecule is CN=C(NCCCN(C)CC(F)(F)F)NC(C)c1cccc(N2CCCC2)c1. The van der Waals surface area contributed by atoms with Crippen molar-refractivity contribution in [3.8, 4) is 0 Å². The summed E-state index contributed by atoms with van der Waals surface area (Å²) >= 11 is 0. The van der Waals surface area contributed by atoms with E-state index in [1.807, 2.05) is 0 Å². The van der Waals surface area contributed by atoms with Crippen LogP contribution in [-0.2, 0) is 0 Å². The van der Waals surface area contributed by atoms with Crippen LogP contribution in [0.2, 0.25) is 0 Å². The molecule has 0 saturated carbocycles. The van der Waals surface area contributed by atoms with Crippen LogP contribution in [0, 0.1) is 0 Å². The van der Waals surface area contributed by atoms with Crippen LogP contribution < -0.4 is 15.5 Å². The first-order valence-corrected chi connectivity index (χ1v) is 9.86. The number of nitrogens with zero attached hydrogens (tertiary/aromatic N) is 3. The van der Waals surface area contributed by atoms with Crippen LogP contribution in [0.1, 0.15) is 37.8 Å². The van der Waals surface area contributed by atoms with E-state index >= 15 is 0 Å². The highest BCUT2D eigenvalue weighted by Crippen LogP contribution is 2.24. The van der Waals surface area contributed by atoms with Crippen LogP contribution in [-0.4, -0.2) is 63.9 Å². The third-order valence-corrected chi connectivity index (χ3v) is 4.88. The van der Waals surface area contributed by atoms with Gasteiger partial charge < -0.3 is 15.5 Å². The molecule has 1 fully saturated rings. The van der Waals surface area contributed by atoms with Crippen molar-refractivity contribution in [1.29, 1.82) is 0 Å². The van der Waals surface area contributed by atoms with Crippen molar-refractivity contribution in [2.45, 2.75) is 38.4 Å². The summed E-state index contributed by atoms with van der Waals surface area (Å²) in [6, 6.07) is 8.60. The Morgan fingerprint density at radius 1 is 1.29 bits per heavy atom. The molecule has 0 amide bonds. The van der Waals surface area contributed by atoms with Gasteiger partial charge in [-0.2, -0.15) is 13.2 Å². The Hall–Kier alpha value is -1.96. The molecule has 5 nitrogen and oxygen atoms in total. The number of hydrogen-bond donors (Lipinski definition) is 2. The number of alkyl halides is 3. The lowest BCUT2D eigenvalue weighted by Crippen LogP contribution is -2.40. The highest BCUT2D eigenvalue weighted by Gasteiger charge is 2.28. The predicted octanol–water partition coefficient (Wildman–Crippen LogP) is 3.40. The zero-order valence-electron chi connectivity index (χ0n) is 17.0. The lowest BCUT2D eigenvalue weighted by molar-refractivity contribution is -0.143. The Balaban J connectivity index is 1.78. The molecule has 0 aromatic heterocycles. The molecule has 0 bridgehead atoms. The molecule has 28 heavy (non-hydrogen) atoms. The third-order valence-electron chi connectivity index (χ3n) is 4.88. The first-order chi connectivity index (χ1) is 13.3. The molecular formula is C20H32F3N5. The lowest BCUT2D eigenvalue weighted by atomic mass is 10.1. The monoisotopic (exact) mass is 399 g/mol. The molecule has 158 valence electrons. The number of rotatable bonds is 8. The van der Waals surface area contributed by atoms with Gasteiger partial charge in [0.05, 0.1) is 12.6 Å². The molecule has 8 heteroatoms. The van der Waals surface area contributed by atoms with E-state index in [-0.39, 0.29) is 6.04 Å². The molecule has 1 aromatic carbocycles. The molecule has 2 rings (SSSR count). The summed E-state index contributed by atoms with van der Waals surface area (Å²) in [4.78, 5) is 7.91. The summed E-state index contributed by atoms with van der Waals surface area (Å²) in [5.41, 5.74) is 2.43.